The first-order valence-electron chi connectivity index (χ1n) is 7.84. The summed E-state index contributed by atoms with van der Waals surface area (Å²) in [6, 6.07) is 9.50. The van der Waals surface area contributed by atoms with E-state index in [0.717, 1.165) is 23.5 Å². The number of anilines is 1. The average Bonchev–Trinajstić information content (AvgIpc) is 3.10. The predicted molar refractivity (Wildman–Crippen MR) is 94.0 cm³/mol. The van der Waals surface area contributed by atoms with Crippen LogP contribution < -0.4 is 10.2 Å². The van der Waals surface area contributed by atoms with E-state index in [0.29, 0.717) is 6.54 Å². The van der Waals surface area contributed by atoms with Gasteiger partial charge in [0.15, 0.2) is 4.75 Å². The molecule has 24 heavy (non-hydrogen) atoms. The minimum Gasteiger partial charge on any atom is -0.354 e. The highest BCUT2D eigenvalue weighted by Crippen LogP contribution is 2.44. The second-order valence-electron chi connectivity index (χ2n) is 5.85. The van der Waals surface area contributed by atoms with Crippen LogP contribution in [-0.4, -0.2) is 39.9 Å². The zero-order valence-corrected chi connectivity index (χ0v) is 14.5. The fraction of sp³-hybridized carbons (Fsp3) is 0.353. The molecule has 1 N–H and O–H groups in total. The molecule has 7 heteroatoms. The van der Waals surface area contributed by atoms with Crippen LogP contribution >= 0.6 is 11.8 Å². The number of hydrogen-bond acceptors (Lipinski definition) is 4. The maximum absolute atomic E-state index is 12.7. The highest BCUT2D eigenvalue weighted by atomic mass is 32.2. The average molecular weight is 344 g/mol. The standard InChI is InChI=1S/C17H20N4O2S/c1-17(15(22)18-9-5-11-21-12-6-10-19-21)16(23)20(2)13-7-3-4-8-14(13)24-17/h3-4,6-8,10,12H,5,9,11H2,1-2H3,(H,18,22). The van der Waals surface area contributed by atoms with Gasteiger partial charge in [0.2, 0.25) is 5.91 Å². The Bertz CT molecular complexity index is 747. The molecule has 1 atom stereocenters. The number of nitrogens with one attached hydrogen (secondary N) is 1. The van der Waals surface area contributed by atoms with Gasteiger partial charge in [-0.05, 0) is 31.5 Å². The molecule has 1 aliphatic rings. The molecule has 1 unspecified atom stereocenters. The maximum atomic E-state index is 12.7. The van der Waals surface area contributed by atoms with E-state index in [2.05, 4.69) is 10.4 Å². The van der Waals surface area contributed by atoms with Crippen molar-refractivity contribution in [2.45, 2.75) is 29.5 Å². The van der Waals surface area contributed by atoms with Gasteiger partial charge in [0.1, 0.15) is 0 Å². The van der Waals surface area contributed by atoms with Gasteiger partial charge in [0.25, 0.3) is 5.91 Å². The molecule has 0 spiro atoms. The van der Waals surface area contributed by atoms with E-state index in [1.807, 2.05) is 41.2 Å². The fourth-order valence-electron chi connectivity index (χ4n) is 2.70. The highest BCUT2D eigenvalue weighted by Gasteiger charge is 2.47. The lowest BCUT2D eigenvalue weighted by atomic mass is 10.1. The zero-order valence-electron chi connectivity index (χ0n) is 13.7. The molecule has 1 aromatic heterocycles. The molecule has 2 aromatic rings. The summed E-state index contributed by atoms with van der Waals surface area (Å²) < 4.78 is 0.674. The molecular weight excluding hydrogens is 324 g/mol. The molecule has 0 fully saturated rings. The molecule has 1 aliphatic heterocycles. The van der Waals surface area contributed by atoms with E-state index in [4.69, 9.17) is 0 Å². The van der Waals surface area contributed by atoms with Crippen LogP contribution in [0.15, 0.2) is 47.6 Å². The number of benzene rings is 1. The Morgan fingerprint density at radius 1 is 1.33 bits per heavy atom. The van der Waals surface area contributed by atoms with Gasteiger partial charge in [-0.1, -0.05) is 23.9 Å². The third-order valence-corrected chi connectivity index (χ3v) is 5.43. The first-order valence-corrected chi connectivity index (χ1v) is 8.66. The van der Waals surface area contributed by atoms with E-state index < -0.39 is 4.75 Å². The molecule has 126 valence electrons. The summed E-state index contributed by atoms with van der Waals surface area (Å²) in [5.74, 6) is -0.449. The Labute approximate surface area is 145 Å². The Morgan fingerprint density at radius 2 is 2.12 bits per heavy atom. The smallest absolute Gasteiger partial charge is 0.252 e. The summed E-state index contributed by atoms with van der Waals surface area (Å²) in [6.07, 6.45) is 4.37. The van der Waals surface area contributed by atoms with Gasteiger partial charge in [0.05, 0.1) is 5.69 Å². The van der Waals surface area contributed by atoms with Crippen molar-refractivity contribution in [1.82, 2.24) is 15.1 Å². The van der Waals surface area contributed by atoms with Crippen molar-refractivity contribution in [3.05, 3.63) is 42.7 Å². The molecule has 3 rings (SSSR count). The van der Waals surface area contributed by atoms with Gasteiger partial charge in [-0.25, -0.2) is 0 Å². The van der Waals surface area contributed by atoms with Crippen molar-refractivity contribution in [1.29, 1.82) is 0 Å². The number of hydrogen-bond donors (Lipinski definition) is 1. The second-order valence-corrected chi connectivity index (χ2v) is 7.31. The van der Waals surface area contributed by atoms with Gasteiger partial charge >= 0.3 is 0 Å². The number of aryl methyl sites for hydroxylation is 1. The Kier molecular flexibility index (Phi) is 4.62. The topological polar surface area (TPSA) is 67.2 Å². The van der Waals surface area contributed by atoms with E-state index >= 15 is 0 Å². The molecule has 0 saturated heterocycles. The Morgan fingerprint density at radius 3 is 2.88 bits per heavy atom. The van der Waals surface area contributed by atoms with E-state index in [1.165, 1.54) is 11.8 Å². The first kappa shape index (κ1) is 16.6. The summed E-state index contributed by atoms with van der Waals surface area (Å²) in [4.78, 5) is 27.8. The molecule has 2 amide bonds. The summed E-state index contributed by atoms with van der Waals surface area (Å²) >= 11 is 1.31. The SMILES string of the molecule is CN1C(=O)C(C)(C(=O)NCCCn2cccn2)Sc2ccccc21. The lowest BCUT2D eigenvalue weighted by Crippen LogP contribution is -2.55. The summed E-state index contributed by atoms with van der Waals surface area (Å²) in [5, 5.41) is 7.01. The molecule has 2 heterocycles. The number of thioether (sulfide) groups is 1. The monoisotopic (exact) mass is 344 g/mol. The fourth-order valence-corrected chi connectivity index (χ4v) is 3.99. The lowest BCUT2D eigenvalue weighted by Gasteiger charge is -2.36. The maximum Gasteiger partial charge on any atom is 0.252 e. The van der Waals surface area contributed by atoms with Crippen molar-refractivity contribution < 1.29 is 9.59 Å². The van der Waals surface area contributed by atoms with Crippen LogP contribution in [-0.2, 0) is 16.1 Å². The van der Waals surface area contributed by atoms with Crippen LogP contribution in [0.2, 0.25) is 0 Å². The van der Waals surface area contributed by atoms with Crippen LogP contribution in [0.25, 0.3) is 0 Å². The van der Waals surface area contributed by atoms with Crippen molar-refractivity contribution in [3.63, 3.8) is 0 Å². The van der Waals surface area contributed by atoms with Gasteiger partial charge in [-0.15, -0.1) is 0 Å². The number of para-hydroxylation sites is 1. The Hall–Kier alpha value is -2.28. The minimum atomic E-state index is -1.14. The van der Waals surface area contributed by atoms with Gasteiger partial charge in [0, 0.05) is 37.4 Å². The van der Waals surface area contributed by atoms with Crippen molar-refractivity contribution in [3.8, 4) is 0 Å². The van der Waals surface area contributed by atoms with Crippen LogP contribution in [0.1, 0.15) is 13.3 Å². The first-order chi connectivity index (χ1) is 11.5. The number of carbonyl (C=O) groups is 2. The van der Waals surface area contributed by atoms with Crippen LogP contribution in [0.3, 0.4) is 0 Å². The van der Waals surface area contributed by atoms with Gasteiger partial charge in [-0.3, -0.25) is 14.3 Å². The predicted octanol–water partition coefficient (Wildman–Crippen LogP) is 1.92. The van der Waals surface area contributed by atoms with E-state index in [9.17, 15) is 9.59 Å². The number of rotatable bonds is 5. The number of aromatic nitrogens is 2. The molecular formula is C17H20N4O2S. The summed E-state index contributed by atoms with van der Waals surface area (Å²) in [7, 11) is 1.71. The summed E-state index contributed by atoms with van der Waals surface area (Å²) in [5.41, 5.74) is 0.844. The molecule has 0 radical (unpaired) electrons. The number of fused-ring (bicyclic) bond motifs is 1. The molecule has 0 saturated carbocycles. The van der Waals surface area contributed by atoms with E-state index in [-0.39, 0.29) is 11.8 Å². The number of carbonyl (C=O) groups excluding carboxylic acids is 2. The highest BCUT2D eigenvalue weighted by molar-refractivity contribution is 8.02. The van der Waals surface area contributed by atoms with Crippen LogP contribution in [0.4, 0.5) is 5.69 Å². The number of amides is 2. The summed E-state index contributed by atoms with van der Waals surface area (Å²) in [6.45, 7) is 2.93. The number of nitrogens with zero attached hydrogens (tertiary/aromatic N) is 3. The van der Waals surface area contributed by atoms with Gasteiger partial charge in [-0.2, -0.15) is 5.10 Å². The largest absolute Gasteiger partial charge is 0.354 e. The van der Waals surface area contributed by atoms with Crippen molar-refractivity contribution in [2.24, 2.45) is 0 Å². The van der Waals surface area contributed by atoms with Crippen LogP contribution in [0.5, 0.6) is 0 Å². The molecule has 6 nitrogen and oxygen atoms in total. The molecule has 0 aliphatic carbocycles. The molecule has 0 bridgehead atoms. The minimum absolute atomic E-state index is 0.198. The second kappa shape index (κ2) is 6.68. The third kappa shape index (κ3) is 3.03. The van der Waals surface area contributed by atoms with Gasteiger partial charge < -0.3 is 10.2 Å². The Balaban J connectivity index is 1.64. The van der Waals surface area contributed by atoms with Crippen LogP contribution in [0, 0.1) is 0 Å². The quantitative estimate of drug-likeness (QED) is 0.665. The third-order valence-electron chi connectivity index (χ3n) is 4.10. The van der Waals surface area contributed by atoms with Crippen molar-refractivity contribution in [2.75, 3.05) is 18.5 Å². The normalized spacial score (nSPS) is 19.9. The molecule has 1 aromatic carbocycles. The zero-order chi connectivity index (χ0) is 17.2. The van der Waals surface area contributed by atoms with E-state index in [1.54, 1.807) is 25.1 Å². The lowest BCUT2D eigenvalue weighted by molar-refractivity contribution is -0.131. The van der Waals surface area contributed by atoms with Crippen molar-refractivity contribution >= 4 is 29.3 Å².